The molecular formula is C17H13ClF3NO3. The first-order chi connectivity index (χ1) is 11.5. The van der Waals surface area contributed by atoms with E-state index in [0.717, 1.165) is 23.1 Å². The maximum Gasteiger partial charge on any atom is 0.416 e. The van der Waals surface area contributed by atoms with Gasteiger partial charge in [-0.05, 0) is 32.0 Å². The fourth-order valence-corrected chi connectivity index (χ4v) is 4.33. The smallest absolute Gasteiger partial charge is 0.359 e. The fraction of sp³-hybridized carbons (Fsp3) is 0.412. The van der Waals surface area contributed by atoms with Crippen molar-refractivity contribution in [3.8, 4) is 0 Å². The molecule has 1 aromatic carbocycles. The van der Waals surface area contributed by atoms with Crippen LogP contribution in [0.25, 0.3) is 0 Å². The second-order valence-electron chi connectivity index (χ2n) is 6.93. The summed E-state index contributed by atoms with van der Waals surface area (Å²) in [5.74, 6) is -2.74. The average Bonchev–Trinajstić information content (AvgIpc) is 3.04. The Labute approximate surface area is 146 Å². The lowest BCUT2D eigenvalue weighted by molar-refractivity contribution is -0.138. The Morgan fingerprint density at radius 3 is 2.08 bits per heavy atom. The number of alkyl halides is 3. The molecule has 2 fully saturated rings. The number of rotatable bonds is 1. The lowest BCUT2D eigenvalue weighted by Gasteiger charge is -2.26. The van der Waals surface area contributed by atoms with E-state index >= 15 is 0 Å². The average molecular weight is 372 g/mol. The minimum absolute atomic E-state index is 0.0915. The predicted octanol–water partition coefficient (Wildman–Crippen LogP) is 3.58. The summed E-state index contributed by atoms with van der Waals surface area (Å²) in [6.07, 6.45) is -1.14. The quantitative estimate of drug-likeness (QED) is 0.560. The van der Waals surface area contributed by atoms with E-state index in [9.17, 15) is 22.8 Å². The van der Waals surface area contributed by atoms with Gasteiger partial charge in [-0.25, -0.2) is 4.90 Å². The van der Waals surface area contributed by atoms with Gasteiger partial charge in [-0.1, -0.05) is 23.8 Å². The minimum atomic E-state index is -4.61. The highest BCUT2D eigenvalue weighted by molar-refractivity contribution is 6.36. The largest absolute Gasteiger partial charge is 0.416 e. The van der Waals surface area contributed by atoms with Crippen molar-refractivity contribution >= 4 is 29.1 Å². The molecule has 0 spiro atoms. The molecule has 4 nitrogen and oxygen atoms in total. The number of fused-ring (bicyclic) bond motifs is 5. The summed E-state index contributed by atoms with van der Waals surface area (Å²) >= 11 is 6.01. The molecule has 132 valence electrons. The molecule has 0 unspecified atom stereocenters. The standard InChI is InChI=1S/C17H13ClF3NO3/c1-15-5-6-16(2,25-15)12-11(15)13(23)22(14(12)24)10-7-8(17(19,20)21)3-4-9(10)18/h3-7,11-12H,1-2H3/t11-,12+,15-,16-/m0/s1. The number of nitrogens with zero attached hydrogens (tertiary/aromatic N) is 1. The van der Waals surface area contributed by atoms with Crippen LogP contribution >= 0.6 is 11.6 Å². The number of halogens is 4. The Balaban J connectivity index is 1.82. The van der Waals surface area contributed by atoms with Crippen molar-refractivity contribution in [3.63, 3.8) is 0 Å². The molecule has 2 saturated heterocycles. The van der Waals surface area contributed by atoms with E-state index in [1.165, 1.54) is 0 Å². The zero-order valence-corrected chi connectivity index (χ0v) is 14.0. The number of benzene rings is 1. The molecule has 0 N–H and O–H groups in total. The predicted molar refractivity (Wildman–Crippen MR) is 83.0 cm³/mol. The topological polar surface area (TPSA) is 46.6 Å². The Kier molecular flexibility index (Phi) is 3.09. The maximum absolute atomic E-state index is 13.0. The van der Waals surface area contributed by atoms with Gasteiger partial charge in [0.25, 0.3) is 0 Å². The van der Waals surface area contributed by atoms with Gasteiger partial charge >= 0.3 is 6.18 Å². The number of hydrogen-bond donors (Lipinski definition) is 0. The van der Waals surface area contributed by atoms with Crippen molar-refractivity contribution in [3.05, 3.63) is 40.9 Å². The van der Waals surface area contributed by atoms with E-state index in [0.29, 0.717) is 0 Å². The van der Waals surface area contributed by atoms with Crippen molar-refractivity contribution < 1.29 is 27.5 Å². The zero-order chi connectivity index (χ0) is 18.4. The van der Waals surface area contributed by atoms with E-state index in [-0.39, 0.29) is 10.7 Å². The highest BCUT2D eigenvalue weighted by Gasteiger charge is 2.70. The third-order valence-electron chi connectivity index (χ3n) is 5.24. The van der Waals surface area contributed by atoms with E-state index in [4.69, 9.17) is 16.3 Å². The first-order valence-corrected chi connectivity index (χ1v) is 8.01. The van der Waals surface area contributed by atoms with Crippen molar-refractivity contribution in [2.75, 3.05) is 4.90 Å². The number of anilines is 1. The summed E-state index contributed by atoms with van der Waals surface area (Å²) < 4.78 is 44.9. The zero-order valence-electron chi connectivity index (χ0n) is 13.2. The molecule has 3 heterocycles. The number of imide groups is 1. The molecule has 0 aliphatic carbocycles. The summed E-state index contributed by atoms with van der Waals surface area (Å²) in [7, 11) is 0. The highest BCUT2D eigenvalue weighted by Crippen LogP contribution is 2.58. The summed E-state index contributed by atoms with van der Waals surface area (Å²) in [5.41, 5.74) is -3.11. The summed E-state index contributed by atoms with van der Waals surface area (Å²) in [5, 5.41) is -0.0915. The molecule has 0 saturated carbocycles. The molecule has 1 aromatic rings. The normalized spacial score (nSPS) is 36.5. The van der Waals surface area contributed by atoms with Crippen molar-refractivity contribution in [2.24, 2.45) is 11.8 Å². The second kappa shape index (κ2) is 4.65. The molecular weight excluding hydrogens is 359 g/mol. The van der Waals surface area contributed by atoms with E-state index in [1.54, 1.807) is 26.0 Å². The Hall–Kier alpha value is -1.86. The van der Waals surface area contributed by atoms with Gasteiger partial charge in [0.15, 0.2) is 0 Å². The number of carbonyl (C=O) groups is 2. The lowest BCUT2D eigenvalue weighted by atomic mass is 9.73. The molecule has 8 heteroatoms. The van der Waals surface area contributed by atoms with Crippen LogP contribution in [-0.2, 0) is 20.5 Å². The van der Waals surface area contributed by atoms with Gasteiger partial charge < -0.3 is 4.74 Å². The van der Waals surface area contributed by atoms with Crippen LogP contribution in [0.3, 0.4) is 0 Å². The van der Waals surface area contributed by atoms with Gasteiger partial charge in [0.1, 0.15) is 0 Å². The number of carbonyl (C=O) groups excluding carboxylic acids is 2. The van der Waals surface area contributed by atoms with Crippen LogP contribution in [0.15, 0.2) is 30.4 Å². The molecule has 0 radical (unpaired) electrons. The summed E-state index contributed by atoms with van der Waals surface area (Å²) in [6, 6.07) is 2.59. The van der Waals surface area contributed by atoms with Crippen LogP contribution in [0.1, 0.15) is 19.4 Å². The monoisotopic (exact) mass is 371 g/mol. The molecule has 3 aliphatic heterocycles. The fourth-order valence-electron chi connectivity index (χ4n) is 4.13. The molecule has 25 heavy (non-hydrogen) atoms. The van der Waals surface area contributed by atoms with Gasteiger partial charge in [0.05, 0.1) is 39.3 Å². The van der Waals surface area contributed by atoms with Crippen LogP contribution in [0.5, 0.6) is 0 Å². The third kappa shape index (κ3) is 2.05. The van der Waals surface area contributed by atoms with Crippen molar-refractivity contribution in [1.29, 1.82) is 0 Å². The first kappa shape index (κ1) is 16.6. The number of hydrogen-bond acceptors (Lipinski definition) is 3. The number of ether oxygens (including phenoxy) is 1. The van der Waals surface area contributed by atoms with Crippen LogP contribution in [0, 0.1) is 11.8 Å². The van der Waals surface area contributed by atoms with Crippen LogP contribution in [0.4, 0.5) is 18.9 Å². The van der Waals surface area contributed by atoms with Gasteiger partial charge in [0.2, 0.25) is 11.8 Å². The molecule has 2 amide bonds. The van der Waals surface area contributed by atoms with Crippen LogP contribution < -0.4 is 4.90 Å². The van der Waals surface area contributed by atoms with E-state index in [1.807, 2.05) is 0 Å². The van der Waals surface area contributed by atoms with Crippen molar-refractivity contribution in [1.82, 2.24) is 0 Å². The van der Waals surface area contributed by atoms with Gasteiger partial charge in [0, 0.05) is 0 Å². The Bertz CT molecular complexity index is 816. The maximum atomic E-state index is 13.0. The molecule has 4 atom stereocenters. The van der Waals surface area contributed by atoms with Gasteiger partial charge in [-0.3, -0.25) is 9.59 Å². The number of amides is 2. The Morgan fingerprint density at radius 2 is 1.60 bits per heavy atom. The highest BCUT2D eigenvalue weighted by atomic mass is 35.5. The van der Waals surface area contributed by atoms with Gasteiger partial charge in [-0.15, -0.1) is 0 Å². The first-order valence-electron chi connectivity index (χ1n) is 7.63. The van der Waals surface area contributed by atoms with Gasteiger partial charge in [-0.2, -0.15) is 13.2 Å². The molecule has 0 aromatic heterocycles. The molecule has 2 bridgehead atoms. The van der Waals surface area contributed by atoms with Crippen LogP contribution in [-0.4, -0.2) is 23.0 Å². The Morgan fingerprint density at radius 1 is 1.08 bits per heavy atom. The molecule has 4 rings (SSSR count). The van der Waals surface area contributed by atoms with E-state index in [2.05, 4.69) is 0 Å². The second-order valence-corrected chi connectivity index (χ2v) is 7.34. The SMILES string of the molecule is C[C@@]12C=C[C@](C)(O1)[C@H]1C(=O)N(c3cc(C(F)(F)F)ccc3Cl)C(=O)[C@H]12. The summed E-state index contributed by atoms with van der Waals surface area (Å²) in [6.45, 7) is 3.39. The minimum Gasteiger partial charge on any atom is -0.359 e. The van der Waals surface area contributed by atoms with Crippen molar-refractivity contribution in [2.45, 2.75) is 31.2 Å². The summed E-state index contributed by atoms with van der Waals surface area (Å²) in [4.78, 5) is 26.6. The lowest BCUT2D eigenvalue weighted by Crippen LogP contribution is -2.39. The van der Waals surface area contributed by atoms with E-state index < -0.39 is 46.6 Å². The third-order valence-corrected chi connectivity index (χ3v) is 5.56. The van der Waals surface area contributed by atoms with Crippen LogP contribution in [0.2, 0.25) is 5.02 Å². The molecule has 3 aliphatic rings.